The molecular weight excluding hydrogens is 232 g/mol. The first-order valence-electron chi connectivity index (χ1n) is 4.48. The molecule has 0 aliphatic heterocycles. The number of hydrogen-bond donors (Lipinski definition) is 1. The molecule has 1 aromatic rings. The molecule has 0 aliphatic rings. The van der Waals surface area contributed by atoms with E-state index in [-0.39, 0.29) is 22.8 Å². The Morgan fingerprint density at radius 1 is 1.81 bits per heavy atom. The van der Waals surface area contributed by atoms with Crippen LogP contribution in [-0.4, -0.2) is 20.9 Å². The number of halogens is 1. The van der Waals surface area contributed by atoms with Crippen LogP contribution >= 0.6 is 11.6 Å². The first-order valence-corrected chi connectivity index (χ1v) is 4.85. The number of nitrogens with one attached hydrogen (secondary N) is 1. The third-order valence-corrected chi connectivity index (χ3v) is 2.04. The van der Waals surface area contributed by atoms with Crippen molar-refractivity contribution in [2.24, 2.45) is 0 Å². The molecule has 6 nitrogen and oxygen atoms in total. The molecule has 16 heavy (non-hydrogen) atoms. The van der Waals surface area contributed by atoms with E-state index in [4.69, 9.17) is 18.0 Å². The van der Waals surface area contributed by atoms with Crippen LogP contribution in [0.5, 0.6) is 0 Å². The van der Waals surface area contributed by atoms with Crippen LogP contribution in [0.1, 0.15) is 13.3 Å². The predicted molar refractivity (Wildman–Crippen MR) is 60.2 cm³/mol. The summed E-state index contributed by atoms with van der Waals surface area (Å²) >= 11 is 5.55. The molecule has 1 rings (SSSR count). The smallest absolute Gasteiger partial charge is 0.329 e. The summed E-state index contributed by atoms with van der Waals surface area (Å²) in [6.07, 6.45) is 6.90. The van der Waals surface area contributed by atoms with Gasteiger partial charge in [-0.05, 0) is 18.0 Å². The summed E-state index contributed by atoms with van der Waals surface area (Å²) in [7, 11) is 0. The molecule has 1 N–H and O–H groups in total. The molecule has 0 radical (unpaired) electrons. The highest BCUT2D eigenvalue weighted by Crippen LogP contribution is 2.22. The standard InChI is InChI=1S/C9H9ClN4O2/c1-3-6(4-2)12-8-7(14(15)16)5-11-9(10)13-8/h1,5-6H,4H2,2H3,(H,11,12,13). The van der Waals surface area contributed by atoms with E-state index in [2.05, 4.69) is 21.2 Å². The van der Waals surface area contributed by atoms with Crippen LogP contribution in [-0.2, 0) is 0 Å². The number of nitrogens with zero attached hydrogens (tertiary/aromatic N) is 3. The largest absolute Gasteiger partial charge is 0.351 e. The van der Waals surface area contributed by atoms with Crippen LogP contribution in [0.15, 0.2) is 6.20 Å². The Balaban J connectivity index is 3.06. The van der Waals surface area contributed by atoms with Crippen LogP contribution in [0.4, 0.5) is 11.5 Å². The molecular formula is C9H9ClN4O2. The Hall–Kier alpha value is -1.87. The van der Waals surface area contributed by atoms with Crippen LogP contribution in [0, 0.1) is 22.5 Å². The SMILES string of the molecule is C#CC(CC)Nc1nc(Cl)ncc1[N+](=O)[O-]. The highest BCUT2D eigenvalue weighted by Gasteiger charge is 2.18. The van der Waals surface area contributed by atoms with Crippen molar-refractivity contribution in [2.45, 2.75) is 19.4 Å². The van der Waals surface area contributed by atoms with Gasteiger partial charge >= 0.3 is 5.69 Å². The minimum Gasteiger partial charge on any atom is -0.351 e. The van der Waals surface area contributed by atoms with E-state index in [9.17, 15) is 10.1 Å². The quantitative estimate of drug-likeness (QED) is 0.376. The van der Waals surface area contributed by atoms with E-state index in [1.165, 1.54) is 0 Å². The van der Waals surface area contributed by atoms with Gasteiger partial charge < -0.3 is 5.32 Å². The van der Waals surface area contributed by atoms with Crippen molar-refractivity contribution in [2.75, 3.05) is 5.32 Å². The molecule has 0 saturated heterocycles. The van der Waals surface area contributed by atoms with Gasteiger partial charge in [-0.1, -0.05) is 12.8 Å². The molecule has 0 aromatic carbocycles. The molecule has 1 unspecified atom stereocenters. The molecule has 0 saturated carbocycles. The number of hydrogen-bond acceptors (Lipinski definition) is 5. The fourth-order valence-corrected chi connectivity index (χ4v) is 1.15. The van der Waals surface area contributed by atoms with Crippen LogP contribution < -0.4 is 5.32 Å². The zero-order valence-electron chi connectivity index (χ0n) is 8.48. The molecule has 1 atom stereocenters. The molecule has 1 aromatic heterocycles. The van der Waals surface area contributed by atoms with Crippen molar-refractivity contribution in [1.82, 2.24) is 9.97 Å². The molecule has 0 aliphatic carbocycles. The van der Waals surface area contributed by atoms with Crippen LogP contribution in [0.2, 0.25) is 5.28 Å². The second kappa shape index (κ2) is 5.28. The van der Waals surface area contributed by atoms with Gasteiger partial charge in [0.2, 0.25) is 11.1 Å². The van der Waals surface area contributed by atoms with Gasteiger partial charge in [-0.2, -0.15) is 4.98 Å². The monoisotopic (exact) mass is 240 g/mol. The van der Waals surface area contributed by atoms with Crippen molar-refractivity contribution < 1.29 is 4.92 Å². The lowest BCUT2D eigenvalue weighted by Gasteiger charge is -2.10. The summed E-state index contributed by atoms with van der Waals surface area (Å²) in [6, 6.07) is -0.329. The van der Waals surface area contributed by atoms with Crippen molar-refractivity contribution in [1.29, 1.82) is 0 Å². The van der Waals surface area contributed by atoms with Gasteiger partial charge in [-0.25, -0.2) is 4.98 Å². The highest BCUT2D eigenvalue weighted by molar-refractivity contribution is 6.28. The Morgan fingerprint density at radius 3 is 3.00 bits per heavy atom. The summed E-state index contributed by atoms with van der Waals surface area (Å²) < 4.78 is 0. The zero-order chi connectivity index (χ0) is 12.1. The van der Waals surface area contributed by atoms with E-state index in [1.54, 1.807) is 0 Å². The van der Waals surface area contributed by atoms with Gasteiger partial charge in [0.15, 0.2) is 0 Å². The molecule has 0 fully saturated rings. The molecule has 0 spiro atoms. The number of nitro groups is 1. The third kappa shape index (κ3) is 2.81. The lowest BCUT2D eigenvalue weighted by molar-refractivity contribution is -0.384. The summed E-state index contributed by atoms with van der Waals surface area (Å²) in [6.45, 7) is 1.85. The van der Waals surface area contributed by atoms with Crippen molar-refractivity contribution in [3.63, 3.8) is 0 Å². The van der Waals surface area contributed by atoms with Gasteiger partial charge in [0.1, 0.15) is 6.20 Å². The Bertz CT molecular complexity index is 444. The van der Waals surface area contributed by atoms with E-state index in [0.29, 0.717) is 6.42 Å². The van der Waals surface area contributed by atoms with Crippen molar-refractivity contribution in [3.05, 3.63) is 21.6 Å². The second-order valence-corrected chi connectivity index (χ2v) is 3.24. The molecule has 84 valence electrons. The predicted octanol–water partition coefficient (Wildman–Crippen LogP) is 1.86. The van der Waals surface area contributed by atoms with Gasteiger partial charge in [-0.15, -0.1) is 6.42 Å². The first-order chi connectivity index (χ1) is 7.58. The Labute approximate surface area is 97.2 Å². The van der Waals surface area contributed by atoms with Crippen molar-refractivity contribution in [3.8, 4) is 12.3 Å². The lowest BCUT2D eigenvalue weighted by Crippen LogP contribution is -2.18. The number of rotatable bonds is 4. The maximum Gasteiger partial charge on any atom is 0.329 e. The number of terminal acetylenes is 1. The molecule has 0 amide bonds. The summed E-state index contributed by atoms with van der Waals surface area (Å²) in [5, 5.41) is 13.4. The van der Waals surface area contributed by atoms with E-state index < -0.39 is 4.92 Å². The zero-order valence-corrected chi connectivity index (χ0v) is 9.23. The Kier molecular flexibility index (Phi) is 4.03. The van der Waals surface area contributed by atoms with E-state index in [0.717, 1.165) is 6.20 Å². The van der Waals surface area contributed by atoms with E-state index >= 15 is 0 Å². The Morgan fingerprint density at radius 2 is 2.50 bits per heavy atom. The van der Waals surface area contributed by atoms with Gasteiger partial charge in [-0.3, -0.25) is 10.1 Å². The summed E-state index contributed by atoms with van der Waals surface area (Å²) in [4.78, 5) is 17.4. The first kappa shape index (κ1) is 12.2. The average molecular weight is 241 g/mol. The molecule has 0 bridgehead atoms. The molecule has 1 heterocycles. The average Bonchev–Trinajstić information content (AvgIpc) is 2.25. The molecule has 7 heteroatoms. The normalized spacial score (nSPS) is 11.6. The van der Waals surface area contributed by atoms with Gasteiger partial charge in [0.25, 0.3) is 0 Å². The van der Waals surface area contributed by atoms with Crippen LogP contribution in [0.25, 0.3) is 0 Å². The number of anilines is 1. The second-order valence-electron chi connectivity index (χ2n) is 2.90. The lowest BCUT2D eigenvalue weighted by atomic mass is 10.2. The number of aromatic nitrogens is 2. The van der Waals surface area contributed by atoms with Crippen LogP contribution in [0.3, 0.4) is 0 Å². The maximum absolute atomic E-state index is 10.7. The fourth-order valence-electron chi connectivity index (χ4n) is 1.02. The third-order valence-electron chi connectivity index (χ3n) is 1.86. The fraction of sp³-hybridized carbons (Fsp3) is 0.333. The van der Waals surface area contributed by atoms with Crippen molar-refractivity contribution >= 4 is 23.1 Å². The topological polar surface area (TPSA) is 81.0 Å². The van der Waals surface area contributed by atoms with E-state index in [1.807, 2.05) is 6.92 Å². The minimum atomic E-state index is -0.595. The minimum absolute atomic E-state index is 0.0369. The summed E-state index contributed by atoms with van der Waals surface area (Å²) in [5.74, 6) is 2.49. The van der Waals surface area contributed by atoms with Gasteiger partial charge in [0, 0.05) is 0 Å². The van der Waals surface area contributed by atoms with Gasteiger partial charge in [0.05, 0.1) is 11.0 Å². The maximum atomic E-state index is 10.7. The highest BCUT2D eigenvalue weighted by atomic mass is 35.5. The summed E-state index contributed by atoms with van der Waals surface area (Å²) in [5.41, 5.74) is -0.252.